The Morgan fingerprint density at radius 2 is 2.05 bits per heavy atom. The molecule has 0 radical (unpaired) electrons. The van der Waals surface area contributed by atoms with Crippen LogP contribution in [0, 0.1) is 0 Å². The van der Waals surface area contributed by atoms with Crippen molar-refractivity contribution in [2.45, 2.75) is 6.10 Å². The van der Waals surface area contributed by atoms with E-state index in [1.54, 1.807) is 39.5 Å². The summed E-state index contributed by atoms with van der Waals surface area (Å²) in [4.78, 5) is 0. The first-order valence-electron chi connectivity index (χ1n) is 5.53. The van der Waals surface area contributed by atoms with Crippen molar-refractivity contribution in [2.24, 2.45) is 7.05 Å². The maximum Gasteiger partial charge on any atom is 0.154 e. The molecule has 19 heavy (non-hydrogen) atoms. The number of methoxy groups -OCH3 is 2. The monoisotopic (exact) mass is 327 g/mol. The van der Waals surface area contributed by atoms with E-state index in [-0.39, 0.29) is 0 Å². The number of hydrogen-bond acceptors (Lipinski definition) is 5. The maximum absolute atomic E-state index is 10.5. The molecule has 0 aliphatic carbocycles. The Morgan fingerprint density at radius 3 is 2.58 bits per heavy atom. The van der Waals surface area contributed by atoms with Crippen molar-refractivity contribution in [1.82, 2.24) is 15.0 Å². The standard InChI is InChI=1S/C12H14BrN3O3/c1-16-10(12(13)14-15-16)11(17)8-6-7(18-2)4-5-9(8)19-3/h4-6,11,17H,1-3H3. The van der Waals surface area contributed by atoms with E-state index in [4.69, 9.17) is 9.47 Å². The van der Waals surface area contributed by atoms with Crippen molar-refractivity contribution in [1.29, 1.82) is 0 Å². The first-order chi connectivity index (χ1) is 9.08. The maximum atomic E-state index is 10.5. The summed E-state index contributed by atoms with van der Waals surface area (Å²) in [6, 6.07) is 5.24. The van der Waals surface area contributed by atoms with Gasteiger partial charge in [-0.25, -0.2) is 4.68 Å². The Kier molecular flexibility index (Phi) is 4.06. The van der Waals surface area contributed by atoms with Crippen molar-refractivity contribution in [3.05, 3.63) is 34.1 Å². The molecule has 0 aliphatic rings. The molecule has 6 nitrogen and oxygen atoms in total. The van der Waals surface area contributed by atoms with E-state index in [2.05, 4.69) is 26.2 Å². The van der Waals surface area contributed by atoms with Crippen LogP contribution in [-0.2, 0) is 7.05 Å². The first kappa shape index (κ1) is 13.8. The second-order valence-electron chi connectivity index (χ2n) is 3.90. The lowest BCUT2D eigenvalue weighted by atomic mass is 10.1. The van der Waals surface area contributed by atoms with Gasteiger partial charge in [-0.05, 0) is 34.1 Å². The van der Waals surface area contributed by atoms with Crippen molar-refractivity contribution in [2.75, 3.05) is 14.2 Å². The minimum absolute atomic E-state index is 0.493. The molecule has 1 atom stereocenters. The van der Waals surface area contributed by atoms with Crippen molar-refractivity contribution >= 4 is 15.9 Å². The fourth-order valence-electron chi connectivity index (χ4n) is 1.83. The summed E-state index contributed by atoms with van der Waals surface area (Å²) in [5, 5.41) is 18.2. The Bertz CT molecular complexity index is 566. The summed E-state index contributed by atoms with van der Waals surface area (Å²) in [5.74, 6) is 1.21. The van der Waals surface area contributed by atoms with Crippen molar-refractivity contribution < 1.29 is 14.6 Å². The third kappa shape index (κ3) is 2.57. The Labute approximate surface area is 119 Å². The highest BCUT2D eigenvalue weighted by Crippen LogP contribution is 2.34. The lowest BCUT2D eigenvalue weighted by molar-refractivity contribution is 0.203. The van der Waals surface area contributed by atoms with Crippen molar-refractivity contribution in [3.63, 3.8) is 0 Å². The number of halogens is 1. The van der Waals surface area contributed by atoms with Crippen LogP contribution in [0.4, 0.5) is 0 Å². The molecule has 1 heterocycles. The minimum atomic E-state index is -0.917. The number of aliphatic hydroxyl groups is 1. The minimum Gasteiger partial charge on any atom is -0.497 e. The number of aromatic nitrogens is 3. The number of aliphatic hydroxyl groups excluding tert-OH is 1. The predicted octanol–water partition coefficient (Wildman–Crippen LogP) is 1.68. The summed E-state index contributed by atoms with van der Waals surface area (Å²) in [6.07, 6.45) is -0.917. The highest BCUT2D eigenvalue weighted by Gasteiger charge is 2.23. The molecule has 1 aromatic heterocycles. The summed E-state index contributed by atoms with van der Waals surface area (Å²) >= 11 is 3.27. The van der Waals surface area contributed by atoms with Gasteiger partial charge in [0, 0.05) is 12.6 Å². The fraction of sp³-hybridized carbons (Fsp3) is 0.333. The van der Waals surface area contributed by atoms with E-state index in [0.717, 1.165) is 0 Å². The zero-order valence-electron chi connectivity index (χ0n) is 10.8. The molecule has 0 fully saturated rings. The number of hydrogen-bond donors (Lipinski definition) is 1. The number of ether oxygens (including phenoxy) is 2. The molecule has 2 rings (SSSR count). The largest absolute Gasteiger partial charge is 0.497 e. The van der Waals surface area contributed by atoms with E-state index < -0.39 is 6.10 Å². The molecule has 1 N–H and O–H groups in total. The number of benzene rings is 1. The van der Waals surface area contributed by atoms with Gasteiger partial charge in [0.2, 0.25) is 0 Å². The molecule has 0 aliphatic heterocycles. The molecule has 102 valence electrons. The molecule has 2 aromatic rings. The number of rotatable bonds is 4. The smallest absolute Gasteiger partial charge is 0.154 e. The molecular weight excluding hydrogens is 314 g/mol. The van der Waals surface area contributed by atoms with Gasteiger partial charge in [-0.3, -0.25) is 0 Å². The average molecular weight is 328 g/mol. The Balaban J connectivity index is 2.51. The van der Waals surface area contributed by atoms with Crippen LogP contribution < -0.4 is 9.47 Å². The van der Waals surface area contributed by atoms with Gasteiger partial charge in [-0.15, -0.1) is 5.10 Å². The summed E-state index contributed by atoms with van der Waals surface area (Å²) in [6.45, 7) is 0. The number of aryl methyl sites for hydroxylation is 1. The lowest BCUT2D eigenvalue weighted by Gasteiger charge is -2.16. The summed E-state index contributed by atoms with van der Waals surface area (Å²) in [7, 11) is 4.83. The van der Waals surface area contributed by atoms with Gasteiger partial charge in [0.05, 0.1) is 14.2 Å². The quantitative estimate of drug-likeness (QED) is 0.925. The van der Waals surface area contributed by atoms with Crippen LogP contribution in [0.15, 0.2) is 22.8 Å². The van der Waals surface area contributed by atoms with Crippen LogP contribution in [-0.4, -0.2) is 34.3 Å². The van der Waals surface area contributed by atoms with Crippen LogP contribution in [0.5, 0.6) is 11.5 Å². The second-order valence-corrected chi connectivity index (χ2v) is 4.65. The third-order valence-corrected chi connectivity index (χ3v) is 3.38. The first-order valence-corrected chi connectivity index (χ1v) is 6.32. The van der Waals surface area contributed by atoms with Crippen molar-refractivity contribution in [3.8, 4) is 11.5 Å². The van der Waals surface area contributed by atoms with Crippen LogP contribution in [0.3, 0.4) is 0 Å². The summed E-state index contributed by atoms with van der Waals surface area (Å²) < 4.78 is 12.4. The molecule has 1 unspecified atom stereocenters. The molecule has 0 saturated heterocycles. The Hall–Kier alpha value is -1.60. The van der Waals surface area contributed by atoms with Crippen LogP contribution in [0.25, 0.3) is 0 Å². The lowest BCUT2D eigenvalue weighted by Crippen LogP contribution is -2.09. The van der Waals surface area contributed by atoms with E-state index in [0.29, 0.717) is 27.4 Å². The van der Waals surface area contributed by atoms with Crippen LogP contribution in [0.2, 0.25) is 0 Å². The normalized spacial score (nSPS) is 12.3. The van der Waals surface area contributed by atoms with E-state index in [9.17, 15) is 5.11 Å². The van der Waals surface area contributed by atoms with Gasteiger partial charge in [0.25, 0.3) is 0 Å². The molecule has 0 spiro atoms. The summed E-state index contributed by atoms with van der Waals surface area (Å²) in [5.41, 5.74) is 1.14. The van der Waals surface area contributed by atoms with Crippen LogP contribution in [0.1, 0.15) is 17.4 Å². The predicted molar refractivity (Wildman–Crippen MR) is 72.3 cm³/mol. The van der Waals surface area contributed by atoms with E-state index in [1.807, 2.05) is 0 Å². The second kappa shape index (κ2) is 5.58. The van der Waals surface area contributed by atoms with E-state index in [1.165, 1.54) is 4.68 Å². The molecule has 0 bridgehead atoms. The number of nitrogens with zero attached hydrogens (tertiary/aromatic N) is 3. The highest BCUT2D eigenvalue weighted by atomic mass is 79.9. The SMILES string of the molecule is COc1ccc(OC)c(C(O)c2c(Br)nnn2C)c1. The fourth-order valence-corrected chi connectivity index (χ4v) is 2.37. The van der Waals surface area contributed by atoms with E-state index >= 15 is 0 Å². The zero-order valence-corrected chi connectivity index (χ0v) is 12.4. The average Bonchev–Trinajstić information content (AvgIpc) is 2.76. The highest BCUT2D eigenvalue weighted by molar-refractivity contribution is 9.10. The third-order valence-electron chi connectivity index (χ3n) is 2.82. The van der Waals surface area contributed by atoms with Gasteiger partial charge in [-0.1, -0.05) is 5.21 Å². The molecular formula is C12H14BrN3O3. The topological polar surface area (TPSA) is 69.4 Å². The molecule has 7 heteroatoms. The molecule has 1 aromatic carbocycles. The van der Waals surface area contributed by atoms with Gasteiger partial charge in [0.1, 0.15) is 23.3 Å². The molecule has 0 amide bonds. The van der Waals surface area contributed by atoms with Gasteiger partial charge in [-0.2, -0.15) is 0 Å². The van der Waals surface area contributed by atoms with Gasteiger partial charge < -0.3 is 14.6 Å². The van der Waals surface area contributed by atoms with Gasteiger partial charge >= 0.3 is 0 Å². The Morgan fingerprint density at radius 1 is 1.32 bits per heavy atom. The van der Waals surface area contributed by atoms with Gasteiger partial charge in [0.15, 0.2) is 4.60 Å². The zero-order chi connectivity index (χ0) is 14.0. The van der Waals surface area contributed by atoms with Crippen LogP contribution >= 0.6 is 15.9 Å². The molecule has 0 saturated carbocycles.